The molecular weight excluding hydrogens is 244 g/mol. The summed E-state index contributed by atoms with van der Waals surface area (Å²) in [6.07, 6.45) is 2.27. The quantitative estimate of drug-likeness (QED) is 0.664. The third kappa shape index (κ3) is 4.49. The van der Waals surface area contributed by atoms with Crippen molar-refractivity contribution < 1.29 is 14.3 Å². The number of ether oxygens (including phenoxy) is 1. The van der Waals surface area contributed by atoms with Crippen molar-refractivity contribution in [2.24, 2.45) is 5.92 Å². The van der Waals surface area contributed by atoms with Crippen LogP contribution in [0.15, 0.2) is 0 Å². The zero-order valence-electron chi connectivity index (χ0n) is 12.4. The van der Waals surface area contributed by atoms with Crippen molar-refractivity contribution in [3.05, 3.63) is 0 Å². The number of likely N-dealkylation sites (tertiary alicyclic amines) is 1. The Morgan fingerprint density at radius 2 is 2.00 bits per heavy atom. The highest BCUT2D eigenvalue weighted by atomic mass is 16.5. The molecule has 1 aliphatic rings. The minimum atomic E-state index is -0.164. The summed E-state index contributed by atoms with van der Waals surface area (Å²) in [5.74, 6) is 0.0442. The Labute approximate surface area is 115 Å². The first-order valence-corrected chi connectivity index (χ1v) is 7.19. The van der Waals surface area contributed by atoms with E-state index in [0.29, 0.717) is 26.1 Å². The van der Waals surface area contributed by atoms with Crippen LogP contribution in [0.5, 0.6) is 0 Å². The molecule has 0 aromatic carbocycles. The second-order valence-electron chi connectivity index (χ2n) is 5.06. The molecule has 0 aromatic rings. The number of carbonyl (C=O) groups excluding carboxylic acids is 2. The molecule has 0 bridgehead atoms. The molecule has 0 radical (unpaired) electrons. The van der Waals surface area contributed by atoms with Crippen LogP contribution in [-0.4, -0.2) is 61.5 Å². The fourth-order valence-electron chi connectivity index (χ4n) is 2.49. The second kappa shape index (κ2) is 8.15. The average Bonchev–Trinajstić information content (AvgIpc) is 2.76. The number of methoxy groups -OCH3 is 1. The summed E-state index contributed by atoms with van der Waals surface area (Å²) in [5.41, 5.74) is 0. The van der Waals surface area contributed by atoms with Gasteiger partial charge in [-0.25, -0.2) is 0 Å². The van der Waals surface area contributed by atoms with Gasteiger partial charge in [0.2, 0.25) is 11.8 Å². The number of nitrogens with zero attached hydrogens (tertiary/aromatic N) is 2. The lowest BCUT2D eigenvalue weighted by molar-refractivity contribution is -0.136. The smallest absolute Gasteiger partial charge is 0.227 e. The highest BCUT2D eigenvalue weighted by Crippen LogP contribution is 2.20. The Bertz CT molecular complexity index is 301. The predicted octanol–water partition coefficient (Wildman–Crippen LogP) is 1.13. The Balaban J connectivity index is 2.55. The Morgan fingerprint density at radius 1 is 1.37 bits per heavy atom. The minimum Gasteiger partial charge on any atom is -0.383 e. The van der Waals surface area contributed by atoms with Gasteiger partial charge < -0.3 is 14.5 Å². The van der Waals surface area contributed by atoms with Gasteiger partial charge in [-0.1, -0.05) is 13.8 Å². The first kappa shape index (κ1) is 16.0. The largest absolute Gasteiger partial charge is 0.383 e. The summed E-state index contributed by atoms with van der Waals surface area (Å²) in [5, 5.41) is 0. The lowest BCUT2D eigenvalue weighted by atomic mass is 10.1. The number of hydrogen-bond acceptors (Lipinski definition) is 3. The van der Waals surface area contributed by atoms with Crippen LogP contribution in [0.25, 0.3) is 0 Å². The van der Waals surface area contributed by atoms with E-state index in [2.05, 4.69) is 13.8 Å². The number of rotatable bonds is 8. The summed E-state index contributed by atoms with van der Waals surface area (Å²) < 4.78 is 4.98. The Kier molecular flexibility index (Phi) is 6.84. The van der Waals surface area contributed by atoms with Gasteiger partial charge in [-0.3, -0.25) is 9.59 Å². The Morgan fingerprint density at radius 3 is 2.53 bits per heavy atom. The molecule has 0 spiro atoms. The fourth-order valence-corrected chi connectivity index (χ4v) is 2.49. The summed E-state index contributed by atoms with van der Waals surface area (Å²) in [6.45, 7) is 7.37. The van der Waals surface area contributed by atoms with E-state index in [9.17, 15) is 9.59 Å². The van der Waals surface area contributed by atoms with Crippen molar-refractivity contribution in [1.82, 2.24) is 9.80 Å². The first-order chi connectivity index (χ1) is 9.13. The molecule has 0 aromatic heterocycles. The van der Waals surface area contributed by atoms with Crippen molar-refractivity contribution in [1.29, 1.82) is 0 Å². The van der Waals surface area contributed by atoms with Crippen LogP contribution in [0.4, 0.5) is 0 Å². The second-order valence-corrected chi connectivity index (χ2v) is 5.06. The van der Waals surface area contributed by atoms with Crippen LogP contribution in [0, 0.1) is 5.92 Å². The average molecular weight is 270 g/mol. The third-order valence-electron chi connectivity index (χ3n) is 3.43. The van der Waals surface area contributed by atoms with Crippen LogP contribution >= 0.6 is 0 Å². The van der Waals surface area contributed by atoms with Gasteiger partial charge in [-0.15, -0.1) is 0 Å². The molecule has 19 heavy (non-hydrogen) atoms. The van der Waals surface area contributed by atoms with Crippen LogP contribution in [0.1, 0.15) is 33.1 Å². The molecule has 1 unspecified atom stereocenters. The highest BCUT2D eigenvalue weighted by molar-refractivity contribution is 5.89. The summed E-state index contributed by atoms with van der Waals surface area (Å²) in [6, 6.07) is 0. The first-order valence-electron chi connectivity index (χ1n) is 7.19. The lowest BCUT2D eigenvalue weighted by Gasteiger charge is -2.24. The van der Waals surface area contributed by atoms with Crippen molar-refractivity contribution in [2.45, 2.75) is 33.1 Å². The number of carbonyl (C=O) groups is 2. The maximum atomic E-state index is 12.4. The summed E-state index contributed by atoms with van der Waals surface area (Å²) >= 11 is 0. The molecule has 0 aliphatic carbocycles. The zero-order valence-corrected chi connectivity index (χ0v) is 12.4. The molecule has 1 heterocycles. The van der Waals surface area contributed by atoms with E-state index in [4.69, 9.17) is 4.74 Å². The number of amides is 2. The third-order valence-corrected chi connectivity index (χ3v) is 3.43. The molecule has 0 saturated carbocycles. The van der Waals surface area contributed by atoms with Gasteiger partial charge in [0.1, 0.15) is 0 Å². The van der Waals surface area contributed by atoms with Crippen LogP contribution in [-0.2, 0) is 14.3 Å². The maximum absolute atomic E-state index is 12.4. The van der Waals surface area contributed by atoms with Crippen LogP contribution < -0.4 is 0 Å². The molecule has 5 nitrogen and oxygen atoms in total. The molecule has 1 atom stereocenters. The molecule has 110 valence electrons. The minimum absolute atomic E-state index is 0.0725. The lowest BCUT2D eigenvalue weighted by Crippen LogP contribution is -2.38. The maximum Gasteiger partial charge on any atom is 0.227 e. The van der Waals surface area contributed by atoms with E-state index in [-0.39, 0.29) is 17.7 Å². The number of hydrogen-bond donors (Lipinski definition) is 0. The van der Waals surface area contributed by atoms with E-state index in [1.165, 1.54) is 0 Å². The van der Waals surface area contributed by atoms with E-state index in [0.717, 1.165) is 25.9 Å². The van der Waals surface area contributed by atoms with Crippen molar-refractivity contribution in [3.63, 3.8) is 0 Å². The van der Waals surface area contributed by atoms with E-state index in [1.54, 1.807) is 12.0 Å². The van der Waals surface area contributed by atoms with Gasteiger partial charge >= 0.3 is 0 Å². The van der Waals surface area contributed by atoms with Gasteiger partial charge in [0, 0.05) is 39.7 Å². The topological polar surface area (TPSA) is 49.9 Å². The standard InChI is InChI=1S/C14H26N2O3/c1-4-6-15(7-5-2)14(18)12-10-13(17)16(11-12)8-9-19-3/h12H,4-11H2,1-3H3. The molecule has 1 rings (SSSR count). The normalized spacial score (nSPS) is 19.0. The summed E-state index contributed by atoms with van der Waals surface area (Å²) in [4.78, 5) is 27.9. The van der Waals surface area contributed by atoms with E-state index in [1.807, 2.05) is 4.90 Å². The van der Waals surface area contributed by atoms with E-state index >= 15 is 0 Å². The molecule has 1 fully saturated rings. The van der Waals surface area contributed by atoms with E-state index < -0.39 is 0 Å². The van der Waals surface area contributed by atoms with Crippen molar-refractivity contribution in [3.8, 4) is 0 Å². The predicted molar refractivity (Wildman–Crippen MR) is 73.7 cm³/mol. The SMILES string of the molecule is CCCN(CCC)C(=O)C1CC(=O)N(CCOC)C1. The molecule has 2 amide bonds. The van der Waals surface area contributed by atoms with Gasteiger partial charge in [0.05, 0.1) is 12.5 Å². The van der Waals surface area contributed by atoms with Crippen molar-refractivity contribution in [2.75, 3.05) is 39.9 Å². The monoisotopic (exact) mass is 270 g/mol. The van der Waals surface area contributed by atoms with Crippen LogP contribution in [0.3, 0.4) is 0 Å². The van der Waals surface area contributed by atoms with Gasteiger partial charge in [0.15, 0.2) is 0 Å². The highest BCUT2D eigenvalue weighted by Gasteiger charge is 2.35. The van der Waals surface area contributed by atoms with Crippen LogP contribution in [0.2, 0.25) is 0 Å². The Hall–Kier alpha value is -1.10. The molecule has 1 aliphatic heterocycles. The van der Waals surface area contributed by atoms with Gasteiger partial charge in [0.25, 0.3) is 0 Å². The molecule has 0 N–H and O–H groups in total. The van der Waals surface area contributed by atoms with Gasteiger partial charge in [-0.2, -0.15) is 0 Å². The molecular formula is C14H26N2O3. The molecule has 1 saturated heterocycles. The molecule has 5 heteroatoms. The zero-order chi connectivity index (χ0) is 14.3. The van der Waals surface area contributed by atoms with Gasteiger partial charge in [-0.05, 0) is 12.8 Å². The fraction of sp³-hybridized carbons (Fsp3) is 0.857. The van der Waals surface area contributed by atoms with Crippen molar-refractivity contribution >= 4 is 11.8 Å². The summed E-state index contributed by atoms with van der Waals surface area (Å²) in [7, 11) is 1.62.